The third-order valence-corrected chi connectivity index (χ3v) is 3.63. The lowest BCUT2D eigenvalue weighted by Gasteiger charge is -2.24. The van der Waals surface area contributed by atoms with Crippen molar-refractivity contribution in [1.82, 2.24) is 4.90 Å². The summed E-state index contributed by atoms with van der Waals surface area (Å²) in [5.41, 5.74) is 6.05. The van der Waals surface area contributed by atoms with Gasteiger partial charge in [-0.3, -0.25) is 4.79 Å². The van der Waals surface area contributed by atoms with Gasteiger partial charge in [-0.15, -0.1) is 19.0 Å². The zero-order valence-electron chi connectivity index (χ0n) is 12.4. The van der Waals surface area contributed by atoms with Gasteiger partial charge in [-0.1, -0.05) is 24.3 Å². The normalized spacial score (nSPS) is 20.3. The van der Waals surface area contributed by atoms with Crippen molar-refractivity contribution >= 4 is 18.3 Å². The zero-order chi connectivity index (χ0) is 15.2. The van der Waals surface area contributed by atoms with Gasteiger partial charge in [-0.2, -0.15) is 0 Å². The monoisotopic (exact) mass is 328 g/mol. The van der Waals surface area contributed by atoms with Gasteiger partial charge in [0.25, 0.3) is 5.91 Å². The second-order valence-electron chi connectivity index (χ2n) is 5.16. The number of rotatable bonds is 6. The molecular weight excluding hydrogens is 307 g/mol. The Balaban J connectivity index is 0.00000242. The van der Waals surface area contributed by atoms with E-state index in [9.17, 15) is 9.18 Å². The lowest BCUT2D eigenvalue weighted by Crippen LogP contribution is -2.39. The Morgan fingerprint density at radius 1 is 1.45 bits per heavy atom. The Bertz CT molecular complexity index is 513. The minimum Gasteiger partial charge on any atom is -0.364 e. The Labute approximate surface area is 136 Å². The molecule has 1 amide bonds. The fraction of sp³-hybridized carbons (Fsp3) is 0.438. The number of carbonyl (C=O) groups excluding carboxylic acids is 1. The van der Waals surface area contributed by atoms with E-state index in [2.05, 4.69) is 6.58 Å². The summed E-state index contributed by atoms with van der Waals surface area (Å²) in [6.07, 6.45) is 2.54. The SMILES string of the molecule is C=CCN(Cc1ccccc1F)C(=O)[C@@H]1CC[C@H](CN)O1.Cl. The van der Waals surface area contributed by atoms with Crippen LogP contribution in [0.4, 0.5) is 4.39 Å². The summed E-state index contributed by atoms with van der Waals surface area (Å²) in [6.45, 7) is 4.65. The van der Waals surface area contributed by atoms with Crippen molar-refractivity contribution in [2.45, 2.75) is 31.6 Å². The van der Waals surface area contributed by atoms with E-state index in [0.29, 0.717) is 25.1 Å². The highest BCUT2D eigenvalue weighted by molar-refractivity contribution is 5.85. The van der Waals surface area contributed by atoms with E-state index in [1.54, 1.807) is 29.2 Å². The molecule has 1 saturated heterocycles. The first kappa shape index (κ1) is 18.6. The number of nitrogens with two attached hydrogens (primary N) is 1. The van der Waals surface area contributed by atoms with Crippen LogP contribution in [0.1, 0.15) is 18.4 Å². The van der Waals surface area contributed by atoms with E-state index in [1.807, 2.05) is 0 Å². The van der Waals surface area contributed by atoms with Crippen LogP contribution in [0, 0.1) is 5.82 Å². The molecule has 2 atom stereocenters. The van der Waals surface area contributed by atoms with E-state index in [4.69, 9.17) is 10.5 Å². The Hall–Kier alpha value is -1.43. The van der Waals surface area contributed by atoms with Crippen molar-refractivity contribution < 1.29 is 13.9 Å². The van der Waals surface area contributed by atoms with Crippen LogP contribution in [0.3, 0.4) is 0 Å². The number of halogens is 2. The van der Waals surface area contributed by atoms with Crippen LogP contribution in [0.25, 0.3) is 0 Å². The molecule has 1 fully saturated rings. The van der Waals surface area contributed by atoms with Crippen LogP contribution in [-0.2, 0) is 16.1 Å². The number of hydrogen-bond acceptors (Lipinski definition) is 3. The van der Waals surface area contributed by atoms with Gasteiger partial charge in [0, 0.05) is 25.2 Å². The number of carbonyl (C=O) groups is 1. The van der Waals surface area contributed by atoms with Crippen LogP contribution < -0.4 is 5.73 Å². The van der Waals surface area contributed by atoms with Gasteiger partial charge in [-0.05, 0) is 18.9 Å². The number of hydrogen-bond donors (Lipinski definition) is 1. The van der Waals surface area contributed by atoms with Crippen molar-refractivity contribution in [2.24, 2.45) is 5.73 Å². The highest BCUT2D eigenvalue weighted by atomic mass is 35.5. The van der Waals surface area contributed by atoms with Crippen LogP contribution in [0.2, 0.25) is 0 Å². The average Bonchev–Trinajstić information content (AvgIpc) is 2.97. The van der Waals surface area contributed by atoms with Gasteiger partial charge in [-0.25, -0.2) is 4.39 Å². The molecule has 0 unspecified atom stereocenters. The quantitative estimate of drug-likeness (QED) is 0.815. The Morgan fingerprint density at radius 3 is 2.77 bits per heavy atom. The molecule has 2 rings (SSSR count). The molecule has 1 aliphatic heterocycles. The first-order chi connectivity index (χ1) is 10.2. The first-order valence-electron chi connectivity index (χ1n) is 7.14. The van der Waals surface area contributed by atoms with Crippen LogP contribution in [0.5, 0.6) is 0 Å². The fourth-order valence-electron chi connectivity index (χ4n) is 2.48. The molecule has 0 radical (unpaired) electrons. The molecule has 0 aliphatic carbocycles. The summed E-state index contributed by atoms with van der Waals surface area (Å²) in [4.78, 5) is 14.1. The van der Waals surface area contributed by atoms with Gasteiger partial charge in [0.15, 0.2) is 0 Å². The largest absolute Gasteiger partial charge is 0.364 e. The second-order valence-corrected chi connectivity index (χ2v) is 5.16. The molecular formula is C16H22ClFN2O2. The Morgan fingerprint density at radius 2 is 2.18 bits per heavy atom. The van der Waals surface area contributed by atoms with E-state index < -0.39 is 6.10 Å². The number of benzene rings is 1. The van der Waals surface area contributed by atoms with E-state index >= 15 is 0 Å². The Kier molecular flexibility index (Phi) is 7.51. The van der Waals surface area contributed by atoms with Gasteiger partial charge in [0.1, 0.15) is 11.9 Å². The smallest absolute Gasteiger partial charge is 0.252 e. The molecule has 1 heterocycles. The predicted molar refractivity (Wildman–Crippen MR) is 86.2 cm³/mol. The summed E-state index contributed by atoms with van der Waals surface area (Å²) in [5.74, 6) is -0.444. The molecule has 1 aromatic rings. The standard InChI is InChI=1S/C16H21FN2O2.ClH/c1-2-9-19(11-12-5-3-4-6-14(12)17)16(20)15-8-7-13(10-18)21-15;/h2-6,13,15H,1,7-11,18H2;1H/t13-,15+;/m1./s1. The number of nitrogens with zero attached hydrogens (tertiary/aromatic N) is 1. The third kappa shape index (κ3) is 4.53. The van der Waals surface area contributed by atoms with Crippen molar-refractivity contribution in [2.75, 3.05) is 13.1 Å². The predicted octanol–water partition coefficient (Wildman–Crippen LogP) is 2.27. The number of ether oxygens (including phenoxy) is 1. The second kappa shape index (κ2) is 8.88. The van der Waals surface area contributed by atoms with E-state index in [0.717, 1.165) is 6.42 Å². The van der Waals surface area contributed by atoms with E-state index in [1.165, 1.54) is 6.07 Å². The van der Waals surface area contributed by atoms with E-state index in [-0.39, 0.29) is 36.8 Å². The molecule has 1 aromatic carbocycles. The summed E-state index contributed by atoms with van der Waals surface area (Å²) < 4.78 is 19.4. The van der Waals surface area contributed by atoms with Gasteiger partial charge in [0.05, 0.1) is 6.10 Å². The summed E-state index contributed by atoms with van der Waals surface area (Å²) in [7, 11) is 0. The molecule has 1 aliphatic rings. The fourth-order valence-corrected chi connectivity index (χ4v) is 2.48. The van der Waals surface area contributed by atoms with Crippen LogP contribution >= 0.6 is 12.4 Å². The average molecular weight is 329 g/mol. The molecule has 122 valence electrons. The van der Waals surface area contributed by atoms with Crippen molar-refractivity contribution in [3.05, 3.63) is 48.3 Å². The van der Waals surface area contributed by atoms with Gasteiger partial charge in [0.2, 0.25) is 0 Å². The van der Waals surface area contributed by atoms with Crippen LogP contribution in [0.15, 0.2) is 36.9 Å². The lowest BCUT2D eigenvalue weighted by molar-refractivity contribution is -0.142. The zero-order valence-corrected chi connectivity index (χ0v) is 13.2. The number of amides is 1. The van der Waals surface area contributed by atoms with Crippen molar-refractivity contribution in [3.63, 3.8) is 0 Å². The maximum absolute atomic E-state index is 13.7. The summed E-state index contributed by atoms with van der Waals surface area (Å²) in [5, 5.41) is 0. The highest BCUT2D eigenvalue weighted by Gasteiger charge is 2.32. The maximum atomic E-state index is 13.7. The molecule has 2 N–H and O–H groups in total. The molecule has 0 aromatic heterocycles. The lowest BCUT2D eigenvalue weighted by atomic mass is 10.1. The molecule has 22 heavy (non-hydrogen) atoms. The molecule has 0 bridgehead atoms. The van der Waals surface area contributed by atoms with Gasteiger partial charge < -0.3 is 15.4 Å². The van der Waals surface area contributed by atoms with Crippen molar-refractivity contribution in [3.8, 4) is 0 Å². The van der Waals surface area contributed by atoms with Crippen LogP contribution in [-0.4, -0.2) is 36.1 Å². The first-order valence-corrected chi connectivity index (χ1v) is 7.14. The minimum atomic E-state index is -0.481. The molecule has 0 saturated carbocycles. The molecule has 6 heteroatoms. The minimum absolute atomic E-state index is 0. The highest BCUT2D eigenvalue weighted by Crippen LogP contribution is 2.22. The summed E-state index contributed by atoms with van der Waals surface area (Å²) >= 11 is 0. The maximum Gasteiger partial charge on any atom is 0.252 e. The van der Waals surface area contributed by atoms with Crippen molar-refractivity contribution in [1.29, 1.82) is 0 Å². The van der Waals surface area contributed by atoms with Gasteiger partial charge >= 0.3 is 0 Å². The molecule has 4 nitrogen and oxygen atoms in total. The topological polar surface area (TPSA) is 55.6 Å². The summed E-state index contributed by atoms with van der Waals surface area (Å²) in [6, 6.07) is 6.45. The molecule has 0 spiro atoms. The third-order valence-electron chi connectivity index (χ3n) is 3.63.